The van der Waals surface area contributed by atoms with E-state index >= 15 is 0 Å². The Kier molecular flexibility index (Phi) is 3.16. The molecule has 2 aromatic rings. The molecule has 1 amide bonds. The molecule has 2 fully saturated rings. The number of piperazine rings is 1. The van der Waals surface area contributed by atoms with E-state index in [0.717, 1.165) is 55.7 Å². The number of H-pyrrole nitrogens is 1. The zero-order chi connectivity index (χ0) is 14.2. The molecule has 110 valence electrons. The van der Waals surface area contributed by atoms with Gasteiger partial charge in [0.05, 0.1) is 0 Å². The van der Waals surface area contributed by atoms with Gasteiger partial charge in [-0.25, -0.2) is 0 Å². The maximum Gasteiger partial charge on any atom is 0.253 e. The molecule has 5 nitrogen and oxygen atoms in total. The molecular formula is C16H20N4O. The Labute approximate surface area is 123 Å². The van der Waals surface area contributed by atoms with Gasteiger partial charge in [-0.1, -0.05) is 0 Å². The first-order chi connectivity index (χ1) is 10.3. The summed E-state index contributed by atoms with van der Waals surface area (Å²) in [5, 5.41) is 4.40. The van der Waals surface area contributed by atoms with E-state index in [1.54, 1.807) is 0 Å². The van der Waals surface area contributed by atoms with Gasteiger partial charge in [-0.2, -0.15) is 0 Å². The van der Waals surface area contributed by atoms with Gasteiger partial charge in [-0.05, 0) is 24.3 Å². The van der Waals surface area contributed by atoms with Gasteiger partial charge in [0, 0.05) is 68.0 Å². The number of amides is 1. The van der Waals surface area contributed by atoms with Gasteiger partial charge >= 0.3 is 0 Å². The van der Waals surface area contributed by atoms with Gasteiger partial charge in [0.1, 0.15) is 0 Å². The van der Waals surface area contributed by atoms with E-state index in [0.29, 0.717) is 6.04 Å². The molecule has 0 aliphatic carbocycles. The summed E-state index contributed by atoms with van der Waals surface area (Å²) >= 11 is 0. The molecule has 0 bridgehead atoms. The summed E-state index contributed by atoms with van der Waals surface area (Å²) < 4.78 is 0. The monoisotopic (exact) mass is 284 g/mol. The summed E-state index contributed by atoms with van der Waals surface area (Å²) in [6.07, 6.45) is 1.91. The number of hydrogen-bond donors (Lipinski definition) is 2. The van der Waals surface area contributed by atoms with E-state index in [1.165, 1.54) is 0 Å². The van der Waals surface area contributed by atoms with Gasteiger partial charge in [-0.3, -0.25) is 9.69 Å². The van der Waals surface area contributed by atoms with Crippen LogP contribution in [0.1, 0.15) is 10.4 Å². The van der Waals surface area contributed by atoms with Crippen molar-refractivity contribution in [2.24, 2.45) is 0 Å². The number of hydrogen-bond acceptors (Lipinski definition) is 3. The van der Waals surface area contributed by atoms with Gasteiger partial charge in [-0.15, -0.1) is 0 Å². The zero-order valence-electron chi connectivity index (χ0n) is 12.0. The molecule has 1 aromatic heterocycles. The van der Waals surface area contributed by atoms with E-state index in [1.807, 2.05) is 35.4 Å². The highest BCUT2D eigenvalue weighted by molar-refractivity contribution is 5.98. The molecule has 3 heterocycles. The Hall–Kier alpha value is -1.85. The van der Waals surface area contributed by atoms with Crippen LogP contribution >= 0.6 is 0 Å². The van der Waals surface area contributed by atoms with Gasteiger partial charge in [0.15, 0.2) is 0 Å². The van der Waals surface area contributed by atoms with Crippen molar-refractivity contribution in [2.75, 3.05) is 39.3 Å². The second-order valence-corrected chi connectivity index (χ2v) is 5.92. The molecule has 4 rings (SSSR count). The van der Waals surface area contributed by atoms with Gasteiger partial charge in [0.2, 0.25) is 0 Å². The van der Waals surface area contributed by atoms with Crippen molar-refractivity contribution in [3.8, 4) is 0 Å². The van der Waals surface area contributed by atoms with Crippen LogP contribution in [0.4, 0.5) is 0 Å². The number of nitrogens with zero attached hydrogens (tertiary/aromatic N) is 2. The van der Waals surface area contributed by atoms with Crippen LogP contribution in [-0.4, -0.2) is 66.0 Å². The second-order valence-electron chi connectivity index (χ2n) is 5.92. The number of aromatic amines is 1. The fourth-order valence-corrected chi connectivity index (χ4v) is 3.19. The Morgan fingerprint density at radius 1 is 1.10 bits per heavy atom. The smallest absolute Gasteiger partial charge is 0.253 e. The Bertz CT molecular complexity index is 653. The summed E-state index contributed by atoms with van der Waals surface area (Å²) in [5.74, 6) is 0.157. The quantitative estimate of drug-likeness (QED) is 0.861. The van der Waals surface area contributed by atoms with Crippen molar-refractivity contribution in [3.05, 3.63) is 36.0 Å². The van der Waals surface area contributed by atoms with E-state index in [2.05, 4.69) is 15.2 Å². The SMILES string of the molecule is O=C(c1ccc2[nH]ccc2c1)N1CCN(C2CNC2)CC1. The summed E-state index contributed by atoms with van der Waals surface area (Å²) in [4.78, 5) is 20.2. The maximum atomic E-state index is 12.6. The highest BCUT2D eigenvalue weighted by atomic mass is 16.2. The van der Waals surface area contributed by atoms with Crippen LogP contribution < -0.4 is 5.32 Å². The highest BCUT2D eigenvalue weighted by Crippen LogP contribution is 2.17. The van der Waals surface area contributed by atoms with E-state index in [9.17, 15) is 4.79 Å². The summed E-state index contributed by atoms with van der Waals surface area (Å²) in [7, 11) is 0. The topological polar surface area (TPSA) is 51.4 Å². The standard InChI is InChI=1S/C16H20N4O/c21-16(13-1-2-15-12(9-13)3-4-18-15)20-7-5-19(6-8-20)14-10-17-11-14/h1-4,9,14,17-18H,5-8,10-11H2. The largest absolute Gasteiger partial charge is 0.361 e. The third-order valence-electron chi connectivity index (χ3n) is 4.68. The predicted molar refractivity (Wildman–Crippen MR) is 82.4 cm³/mol. The van der Waals surface area contributed by atoms with E-state index in [4.69, 9.17) is 0 Å². The molecule has 1 aromatic carbocycles. The van der Waals surface area contributed by atoms with Crippen molar-refractivity contribution in [2.45, 2.75) is 6.04 Å². The highest BCUT2D eigenvalue weighted by Gasteiger charge is 2.29. The molecule has 0 atom stereocenters. The van der Waals surface area contributed by atoms with Crippen molar-refractivity contribution < 1.29 is 4.79 Å². The first kappa shape index (κ1) is 12.9. The van der Waals surface area contributed by atoms with Crippen LogP contribution in [0.25, 0.3) is 10.9 Å². The first-order valence-electron chi connectivity index (χ1n) is 7.62. The molecule has 0 spiro atoms. The number of fused-ring (bicyclic) bond motifs is 1. The summed E-state index contributed by atoms with van der Waals surface area (Å²) in [6.45, 7) is 5.84. The minimum absolute atomic E-state index is 0.157. The number of nitrogens with one attached hydrogen (secondary N) is 2. The Morgan fingerprint density at radius 2 is 1.90 bits per heavy atom. The number of benzene rings is 1. The minimum atomic E-state index is 0.157. The van der Waals surface area contributed by atoms with Gasteiger partial charge < -0.3 is 15.2 Å². The zero-order valence-corrected chi connectivity index (χ0v) is 12.0. The molecule has 2 N–H and O–H groups in total. The lowest BCUT2D eigenvalue weighted by atomic mass is 10.1. The number of rotatable bonds is 2. The lowest BCUT2D eigenvalue weighted by Gasteiger charge is -2.43. The molecule has 21 heavy (non-hydrogen) atoms. The van der Waals surface area contributed by atoms with E-state index in [-0.39, 0.29) is 5.91 Å². The van der Waals surface area contributed by atoms with Crippen molar-refractivity contribution in [3.63, 3.8) is 0 Å². The van der Waals surface area contributed by atoms with Crippen molar-refractivity contribution in [1.29, 1.82) is 0 Å². The molecule has 2 aliphatic heterocycles. The molecule has 0 unspecified atom stereocenters. The lowest BCUT2D eigenvalue weighted by Crippen LogP contribution is -2.62. The van der Waals surface area contributed by atoms with Gasteiger partial charge in [0.25, 0.3) is 5.91 Å². The first-order valence-corrected chi connectivity index (χ1v) is 7.62. The lowest BCUT2D eigenvalue weighted by molar-refractivity contribution is 0.0502. The van der Waals surface area contributed by atoms with Crippen molar-refractivity contribution in [1.82, 2.24) is 20.1 Å². The molecule has 2 saturated heterocycles. The average Bonchev–Trinajstić information content (AvgIpc) is 2.93. The number of carbonyl (C=O) groups excluding carboxylic acids is 1. The maximum absolute atomic E-state index is 12.6. The normalized spacial score (nSPS) is 20.7. The molecule has 0 radical (unpaired) electrons. The van der Waals surface area contributed by atoms with E-state index < -0.39 is 0 Å². The fraction of sp³-hybridized carbons (Fsp3) is 0.438. The Balaban J connectivity index is 1.45. The fourth-order valence-electron chi connectivity index (χ4n) is 3.19. The summed E-state index contributed by atoms with van der Waals surface area (Å²) in [6, 6.07) is 8.57. The van der Waals surface area contributed by atoms with Crippen LogP contribution in [0.5, 0.6) is 0 Å². The molecule has 0 saturated carbocycles. The molecule has 2 aliphatic rings. The Morgan fingerprint density at radius 3 is 2.62 bits per heavy atom. The molecular weight excluding hydrogens is 264 g/mol. The summed E-state index contributed by atoms with van der Waals surface area (Å²) in [5.41, 5.74) is 1.87. The number of carbonyl (C=O) groups is 1. The van der Waals surface area contributed by atoms with Crippen molar-refractivity contribution >= 4 is 16.8 Å². The van der Waals surface area contributed by atoms with Crippen LogP contribution in [0, 0.1) is 0 Å². The number of aromatic nitrogens is 1. The minimum Gasteiger partial charge on any atom is -0.361 e. The second kappa shape index (κ2) is 5.16. The molecule has 5 heteroatoms. The average molecular weight is 284 g/mol. The van der Waals surface area contributed by atoms with Crippen LogP contribution in [0.3, 0.4) is 0 Å². The van der Waals surface area contributed by atoms with Crippen LogP contribution in [0.15, 0.2) is 30.5 Å². The third kappa shape index (κ3) is 2.32. The third-order valence-corrected chi connectivity index (χ3v) is 4.68. The van der Waals surface area contributed by atoms with Crippen LogP contribution in [-0.2, 0) is 0 Å². The van der Waals surface area contributed by atoms with Crippen LogP contribution in [0.2, 0.25) is 0 Å². The predicted octanol–water partition coefficient (Wildman–Crippen LogP) is 0.897.